The first-order chi connectivity index (χ1) is 10.2. The maximum Gasteiger partial charge on any atom is 0.244 e. The van der Waals surface area contributed by atoms with E-state index in [1.807, 2.05) is 36.4 Å². The highest BCUT2D eigenvalue weighted by Crippen LogP contribution is 2.10. The van der Waals surface area contributed by atoms with Gasteiger partial charge in [-0.05, 0) is 35.2 Å². The summed E-state index contributed by atoms with van der Waals surface area (Å²) >= 11 is 3.37. The van der Waals surface area contributed by atoms with Crippen LogP contribution in [0.1, 0.15) is 23.6 Å². The number of aryl methyl sites for hydroxylation is 1. The zero-order valence-electron chi connectivity index (χ0n) is 11.8. The number of hydrazone groups is 1. The van der Waals surface area contributed by atoms with E-state index in [0.717, 1.165) is 22.0 Å². The highest BCUT2D eigenvalue weighted by atomic mass is 79.9. The van der Waals surface area contributed by atoms with Gasteiger partial charge in [0.2, 0.25) is 5.91 Å². The molecule has 0 aromatic heterocycles. The van der Waals surface area contributed by atoms with Gasteiger partial charge in [-0.15, -0.1) is 0 Å². The lowest BCUT2D eigenvalue weighted by atomic mass is 10.1. The van der Waals surface area contributed by atoms with Crippen LogP contribution in [0.3, 0.4) is 0 Å². The number of hydrogen-bond acceptors (Lipinski definition) is 2. The lowest BCUT2D eigenvalue weighted by molar-refractivity contribution is -0.120. The molecule has 2 aromatic carbocycles. The maximum absolute atomic E-state index is 11.8. The van der Waals surface area contributed by atoms with E-state index in [9.17, 15) is 4.79 Å². The molecule has 0 spiro atoms. The number of nitrogens with zero attached hydrogens (tertiary/aromatic N) is 1. The maximum atomic E-state index is 11.8. The van der Waals surface area contributed by atoms with Crippen molar-refractivity contribution in [1.82, 2.24) is 5.43 Å². The van der Waals surface area contributed by atoms with E-state index in [1.54, 1.807) is 6.21 Å². The highest BCUT2D eigenvalue weighted by Gasteiger charge is 2.01. The van der Waals surface area contributed by atoms with Crippen molar-refractivity contribution in [3.63, 3.8) is 0 Å². The van der Waals surface area contributed by atoms with Crippen molar-refractivity contribution in [3.05, 3.63) is 69.7 Å². The summed E-state index contributed by atoms with van der Waals surface area (Å²) in [6.45, 7) is 2.12. The third-order valence-electron chi connectivity index (χ3n) is 3.07. The largest absolute Gasteiger partial charge is 0.273 e. The molecule has 0 saturated heterocycles. The predicted octanol–water partition coefficient (Wildman–Crippen LogP) is 3.70. The topological polar surface area (TPSA) is 41.5 Å². The number of halogens is 1. The predicted molar refractivity (Wildman–Crippen MR) is 89.4 cm³/mol. The summed E-state index contributed by atoms with van der Waals surface area (Å²) in [6.07, 6.45) is 2.99. The van der Waals surface area contributed by atoms with Crippen LogP contribution < -0.4 is 5.43 Å². The van der Waals surface area contributed by atoms with Gasteiger partial charge in [-0.3, -0.25) is 4.79 Å². The van der Waals surface area contributed by atoms with Crippen molar-refractivity contribution in [2.24, 2.45) is 5.10 Å². The molecule has 0 fully saturated rings. The standard InChI is InChI=1S/C17H17BrN2O/c1-2-13-3-5-15(6-4-13)12-19-20-17(21)11-14-7-9-16(18)10-8-14/h3-10,12H,2,11H2,1H3,(H,20,21)/b19-12+. The average molecular weight is 345 g/mol. The number of amides is 1. The number of carbonyl (C=O) groups is 1. The molecule has 0 heterocycles. The summed E-state index contributed by atoms with van der Waals surface area (Å²) in [5.74, 6) is -0.126. The van der Waals surface area contributed by atoms with Crippen molar-refractivity contribution in [3.8, 4) is 0 Å². The fourth-order valence-electron chi connectivity index (χ4n) is 1.85. The number of hydrogen-bond donors (Lipinski definition) is 1. The van der Waals surface area contributed by atoms with E-state index in [2.05, 4.69) is 45.5 Å². The second kappa shape index (κ2) is 7.74. The Balaban J connectivity index is 1.85. The minimum absolute atomic E-state index is 0.126. The lowest BCUT2D eigenvalue weighted by Crippen LogP contribution is -2.19. The molecule has 0 saturated carbocycles. The van der Waals surface area contributed by atoms with Gasteiger partial charge >= 0.3 is 0 Å². The van der Waals surface area contributed by atoms with E-state index < -0.39 is 0 Å². The monoisotopic (exact) mass is 344 g/mol. The molecule has 108 valence electrons. The van der Waals surface area contributed by atoms with E-state index in [1.165, 1.54) is 5.56 Å². The summed E-state index contributed by atoms with van der Waals surface area (Å²) in [6, 6.07) is 15.8. The van der Waals surface area contributed by atoms with E-state index in [-0.39, 0.29) is 5.91 Å². The summed E-state index contributed by atoms with van der Waals surface area (Å²) in [4.78, 5) is 11.8. The quantitative estimate of drug-likeness (QED) is 0.652. The van der Waals surface area contributed by atoms with Crippen LogP contribution in [0.5, 0.6) is 0 Å². The molecule has 0 atom stereocenters. The van der Waals surface area contributed by atoms with E-state index >= 15 is 0 Å². The van der Waals surface area contributed by atoms with Gasteiger partial charge in [-0.1, -0.05) is 59.3 Å². The van der Waals surface area contributed by atoms with Crippen LogP contribution in [0.2, 0.25) is 0 Å². The summed E-state index contributed by atoms with van der Waals surface area (Å²) in [5, 5.41) is 3.98. The van der Waals surface area contributed by atoms with Gasteiger partial charge in [0, 0.05) is 4.47 Å². The van der Waals surface area contributed by atoms with Gasteiger partial charge in [0.25, 0.3) is 0 Å². The number of carbonyl (C=O) groups excluding carboxylic acids is 1. The molecule has 0 bridgehead atoms. The first-order valence-electron chi connectivity index (χ1n) is 6.82. The Hall–Kier alpha value is -1.94. The molecule has 0 aliphatic rings. The van der Waals surface area contributed by atoms with Crippen LogP contribution in [-0.2, 0) is 17.6 Å². The Morgan fingerprint density at radius 1 is 1.10 bits per heavy atom. The third-order valence-corrected chi connectivity index (χ3v) is 3.60. The second-order valence-corrected chi connectivity index (χ2v) is 5.61. The highest BCUT2D eigenvalue weighted by molar-refractivity contribution is 9.10. The number of benzene rings is 2. The molecule has 0 radical (unpaired) electrons. The Bertz CT molecular complexity index is 618. The molecule has 3 nitrogen and oxygen atoms in total. The number of rotatable bonds is 5. The Labute approximate surface area is 133 Å². The Kier molecular flexibility index (Phi) is 5.69. The zero-order valence-corrected chi connectivity index (χ0v) is 13.4. The third kappa shape index (κ3) is 5.16. The van der Waals surface area contributed by atoms with Crippen molar-refractivity contribution in [1.29, 1.82) is 0 Å². The molecule has 1 amide bonds. The smallest absolute Gasteiger partial charge is 0.244 e. The summed E-state index contributed by atoms with van der Waals surface area (Å²) in [5.41, 5.74) is 5.75. The fraction of sp³-hybridized carbons (Fsp3) is 0.176. The Morgan fingerprint density at radius 3 is 2.33 bits per heavy atom. The van der Waals surface area contributed by atoms with Crippen LogP contribution in [0.25, 0.3) is 0 Å². The van der Waals surface area contributed by atoms with Gasteiger partial charge in [0.15, 0.2) is 0 Å². The molecule has 0 unspecified atom stereocenters. The van der Waals surface area contributed by atoms with Gasteiger partial charge < -0.3 is 0 Å². The molecule has 4 heteroatoms. The normalized spacial score (nSPS) is 10.8. The first kappa shape index (κ1) is 15.4. The molecular weight excluding hydrogens is 328 g/mol. The molecule has 2 rings (SSSR count). The molecular formula is C17H17BrN2O. The number of nitrogens with one attached hydrogen (secondary N) is 1. The Morgan fingerprint density at radius 2 is 1.71 bits per heavy atom. The van der Waals surface area contributed by atoms with Crippen LogP contribution in [0.4, 0.5) is 0 Å². The van der Waals surface area contributed by atoms with Gasteiger partial charge in [0.05, 0.1) is 12.6 Å². The van der Waals surface area contributed by atoms with Gasteiger partial charge in [-0.25, -0.2) is 5.43 Å². The van der Waals surface area contributed by atoms with Crippen LogP contribution in [-0.4, -0.2) is 12.1 Å². The molecule has 0 aliphatic heterocycles. The second-order valence-electron chi connectivity index (χ2n) is 4.69. The van der Waals surface area contributed by atoms with Crippen LogP contribution in [0.15, 0.2) is 58.1 Å². The minimum atomic E-state index is -0.126. The van der Waals surface area contributed by atoms with Crippen molar-refractivity contribution in [2.45, 2.75) is 19.8 Å². The molecule has 21 heavy (non-hydrogen) atoms. The van der Waals surface area contributed by atoms with Crippen molar-refractivity contribution < 1.29 is 4.79 Å². The average Bonchev–Trinajstić information content (AvgIpc) is 2.50. The van der Waals surface area contributed by atoms with E-state index in [4.69, 9.17) is 0 Å². The van der Waals surface area contributed by atoms with Crippen LogP contribution >= 0.6 is 15.9 Å². The van der Waals surface area contributed by atoms with Crippen molar-refractivity contribution >= 4 is 28.1 Å². The van der Waals surface area contributed by atoms with Crippen LogP contribution in [0, 0.1) is 0 Å². The summed E-state index contributed by atoms with van der Waals surface area (Å²) in [7, 11) is 0. The van der Waals surface area contributed by atoms with Crippen molar-refractivity contribution in [2.75, 3.05) is 0 Å². The van der Waals surface area contributed by atoms with Gasteiger partial charge in [-0.2, -0.15) is 5.10 Å². The summed E-state index contributed by atoms with van der Waals surface area (Å²) < 4.78 is 1.00. The molecule has 1 N–H and O–H groups in total. The SMILES string of the molecule is CCc1ccc(/C=N/NC(=O)Cc2ccc(Br)cc2)cc1. The molecule has 2 aromatic rings. The fourth-order valence-corrected chi connectivity index (χ4v) is 2.11. The first-order valence-corrected chi connectivity index (χ1v) is 7.62. The zero-order chi connectivity index (χ0) is 15.1. The molecule has 0 aliphatic carbocycles. The van der Waals surface area contributed by atoms with Gasteiger partial charge in [0.1, 0.15) is 0 Å². The lowest BCUT2D eigenvalue weighted by Gasteiger charge is -2.01. The van der Waals surface area contributed by atoms with E-state index in [0.29, 0.717) is 6.42 Å². The minimum Gasteiger partial charge on any atom is -0.273 e.